The van der Waals surface area contributed by atoms with Gasteiger partial charge in [0.25, 0.3) is 11.1 Å². The fourth-order valence-electron chi connectivity index (χ4n) is 2.16. The summed E-state index contributed by atoms with van der Waals surface area (Å²) in [5, 5.41) is 4.10. The van der Waals surface area contributed by atoms with Gasteiger partial charge in [-0.1, -0.05) is 6.07 Å². The molecule has 3 rings (SSSR count). The lowest BCUT2D eigenvalue weighted by Gasteiger charge is -2.12. The fraction of sp³-hybridized carbons (Fsp3) is 0.118. The first-order valence-corrected chi connectivity index (χ1v) is 8.99. The molecule has 1 aromatic heterocycles. The van der Waals surface area contributed by atoms with Gasteiger partial charge in [-0.25, -0.2) is 0 Å². The van der Waals surface area contributed by atoms with Crippen molar-refractivity contribution in [2.45, 2.75) is 0 Å². The van der Waals surface area contributed by atoms with Crippen molar-refractivity contribution in [2.24, 2.45) is 0 Å². The Morgan fingerprint density at radius 1 is 1.24 bits per heavy atom. The summed E-state index contributed by atoms with van der Waals surface area (Å²) in [4.78, 5) is 38.6. The zero-order valence-electron chi connectivity index (χ0n) is 13.2. The van der Waals surface area contributed by atoms with Crippen molar-refractivity contribution in [3.05, 3.63) is 51.6 Å². The number of thioether (sulfide) groups is 1. The van der Waals surface area contributed by atoms with E-state index in [0.29, 0.717) is 16.3 Å². The number of methoxy groups -OCH3 is 1. The van der Waals surface area contributed by atoms with Crippen LogP contribution in [0.3, 0.4) is 0 Å². The van der Waals surface area contributed by atoms with Crippen LogP contribution in [0.4, 0.5) is 10.5 Å². The summed E-state index contributed by atoms with van der Waals surface area (Å²) in [5.41, 5.74) is 0.562. The van der Waals surface area contributed by atoms with E-state index >= 15 is 0 Å². The van der Waals surface area contributed by atoms with Crippen molar-refractivity contribution in [1.82, 2.24) is 4.90 Å². The zero-order chi connectivity index (χ0) is 17.8. The minimum atomic E-state index is -0.451. The number of rotatable bonds is 5. The quantitative estimate of drug-likeness (QED) is 0.812. The van der Waals surface area contributed by atoms with Crippen molar-refractivity contribution >= 4 is 51.9 Å². The number of nitrogens with zero attached hydrogens (tertiary/aromatic N) is 1. The molecule has 25 heavy (non-hydrogen) atoms. The van der Waals surface area contributed by atoms with Gasteiger partial charge in [0.2, 0.25) is 5.91 Å². The Labute approximate surface area is 152 Å². The maximum absolute atomic E-state index is 12.3. The third kappa shape index (κ3) is 4.09. The summed E-state index contributed by atoms with van der Waals surface area (Å²) in [5.74, 6) is -0.222. The van der Waals surface area contributed by atoms with Crippen LogP contribution < -0.4 is 10.1 Å². The molecule has 3 amide bonds. The molecule has 0 atom stereocenters. The Balaban J connectivity index is 1.64. The number of carbonyl (C=O) groups is 3. The smallest absolute Gasteiger partial charge is 0.294 e. The van der Waals surface area contributed by atoms with Gasteiger partial charge < -0.3 is 10.1 Å². The number of ether oxygens (including phenoxy) is 1. The van der Waals surface area contributed by atoms with Crippen LogP contribution in [0, 0.1) is 0 Å². The standard InChI is InChI=1S/C17H14N2O4S2/c1-23-12-6-4-11(5-7-12)18-15(20)10-19-16(21)14(25-17(19)22)9-13-3-2-8-24-13/h2-9H,10H2,1H3,(H,18,20)/b14-9+. The number of hydrogen-bond acceptors (Lipinski definition) is 6. The van der Waals surface area contributed by atoms with E-state index < -0.39 is 17.1 Å². The molecule has 0 spiro atoms. The SMILES string of the molecule is COc1ccc(NC(=O)CN2C(=O)S/C(=C/c3cccs3)C2=O)cc1. The summed E-state index contributed by atoms with van der Waals surface area (Å²) >= 11 is 2.31. The molecule has 1 N–H and O–H groups in total. The predicted octanol–water partition coefficient (Wildman–Crippen LogP) is 3.43. The minimum Gasteiger partial charge on any atom is -0.497 e. The van der Waals surface area contributed by atoms with E-state index in [0.717, 1.165) is 21.5 Å². The molecule has 8 heteroatoms. The van der Waals surface area contributed by atoms with E-state index in [1.165, 1.54) is 11.3 Å². The highest BCUT2D eigenvalue weighted by molar-refractivity contribution is 8.18. The molecule has 1 fully saturated rings. The van der Waals surface area contributed by atoms with E-state index in [9.17, 15) is 14.4 Å². The number of amides is 3. The normalized spacial score (nSPS) is 15.7. The van der Waals surface area contributed by atoms with Crippen molar-refractivity contribution in [3.8, 4) is 5.75 Å². The van der Waals surface area contributed by atoms with Crippen molar-refractivity contribution in [3.63, 3.8) is 0 Å². The lowest BCUT2D eigenvalue weighted by Crippen LogP contribution is -2.36. The summed E-state index contributed by atoms with van der Waals surface area (Å²) in [6.07, 6.45) is 1.66. The van der Waals surface area contributed by atoms with Gasteiger partial charge in [0, 0.05) is 10.6 Å². The molecule has 2 heterocycles. The Bertz CT molecular complexity index is 829. The Morgan fingerprint density at radius 3 is 2.64 bits per heavy atom. The lowest BCUT2D eigenvalue weighted by molar-refractivity contribution is -0.127. The van der Waals surface area contributed by atoms with Crippen LogP contribution in [0.15, 0.2) is 46.7 Å². The molecule has 0 radical (unpaired) electrons. The summed E-state index contributed by atoms with van der Waals surface area (Å²) in [7, 11) is 1.55. The molecular weight excluding hydrogens is 360 g/mol. The molecule has 128 valence electrons. The monoisotopic (exact) mass is 374 g/mol. The third-order valence-electron chi connectivity index (χ3n) is 3.37. The van der Waals surface area contributed by atoms with E-state index in [1.807, 2.05) is 17.5 Å². The van der Waals surface area contributed by atoms with Crippen LogP contribution in [0.2, 0.25) is 0 Å². The van der Waals surface area contributed by atoms with Gasteiger partial charge in [-0.05, 0) is 53.5 Å². The highest BCUT2D eigenvalue weighted by Crippen LogP contribution is 2.32. The van der Waals surface area contributed by atoms with Gasteiger partial charge in [0.1, 0.15) is 12.3 Å². The van der Waals surface area contributed by atoms with Crippen LogP contribution in [-0.4, -0.2) is 35.6 Å². The molecule has 2 aromatic rings. The predicted molar refractivity (Wildman–Crippen MR) is 98.6 cm³/mol. The van der Waals surface area contributed by atoms with Crippen molar-refractivity contribution in [1.29, 1.82) is 0 Å². The van der Waals surface area contributed by atoms with Crippen LogP contribution in [0.1, 0.15) is 4.88 Å². The van der Waals surface area contributed by atoms with E-state index in [2.05, 4.69) is 5.32 Å². The molecule has 6 nitrogen and oxygen atoms in total. The first-order chi connectivity index (χ1) is 12.1. The van der Waals surface area contributed by atoms with E-state index in [-0.39, 0.29) is 6.54 Å². The number of imide groups is 1. The maximum atomic E-state index is 12.3. The molecule has 0 aliphatic carbocycles. The lowest BCUT2D eigenvalue weighted by atomic mass is 10.3. The van der Waals surface area contributed by atoms with Crippen molar-refractivity contribution < 1.29 is 19.1 Å². The topological polar surface area (TPSA) is 75.7 Å². The molecule has 1 aromatic carbocycles. The Hall–Kier alpha value is -2.58. The second-order valence-electron chi connectivity index (χ2n) is 5.06. The van der Waals surface area contributed by atoms with Crippen LogP contribution in [0.5, 0.6) is 5.75 Å². The van der Waals surface area contributed by atoms with Crippen LogP contribution in [-0.2, 0) is 9.59 Å². The molecule has 0 unspecified atom stereocenters. The van der Waals surface area contributed by atoms with Gasteiger partial charge in [-0.2, -0.15) is 0 Å². The van der Waals surface area contributed by atoms with Crippen LogP contribution >= 0.6 is 23.1 Å². The molecule has 1 saturated heterocycles. The number of carbonyl (C=O) groups excluding carboxylic acids is 3. The largest absolute Gasteiger partial charge is 0.497 e. The summed E-state index contributed by atoms with van der Waals surface area (Å²) < 4.78 is 5.05. The average molecular weight is 374 g/mol. The maximum Gasteiger partial charge on any atom is 0.294 e. The van der Waals surface area contributed by atoms with Gasteiger partial charge in [0.15, 0.2) is 0 Å². The Morgan fingerprint density at radius 2 is 2.00 bits per heavy atom. The van der Waals surface area contributed by atoms with Crippen LogP contribution in [0.25, 0.3) is 6.08 Å². The molecule has 1 aliphatic heterocycles. The number of thiophene rings is 1. The summed E-state index contributed by atoms with van der Waals surface area (Å²) in [6.45, 7) is -0.321. The number of anilines is 1. The van der Waals surface area contributed by atoms with E-state index in [1.54, 1.807) is 37.5 Å². The molecule has 0 bridgehead atoms. The number of nitrogens with one attached hydrogen (secondary N) is 1. The van der Waals surface area contributed by atoms with Gasteiger partial charge in [0.05, 0.1) is 12.0 Å². The Kier molecular flexibility index (Phi) is 5.20. The average Bonchev–Trinajstić information content (AvgIpc) is 3.20. The highest BCUT2D eigenvalue weighted by Gasteiger charge is 2.36. The van der Waals surface area contributed by atoms with Crippen molar-refractivity contribution in [2.75, 3.05) is 19.0 Å². The first kappa shape index (κ1) is 17.2. The number of hydrogen-bond donors (Lipinski definition) is 1. The third-order valence-corrected chi connectivity index (χ3v) is 5.09. The zero-order valence-corrected chi connectivity index (χ0v) is 14.9. The second kappa shape index (κ2) is 7.54. The number of benzene rings is 1. The first-order valence-electron chi connectivity index (χ1n) is 7.29. The molecule has 0 saturated carbocycles. The highest BCUT2D eigenvalue weighted by atomic mass is 32.2. The summed E-state index contributed by atoms with van der Waals surface area (Å²) in [6, 6.07) is 10.5. The van der Waals surface area contributed by atoms with E-state index in [4.69, 9.17) is 4.74 Å². The molecule has 1 aliphatic rings. The van der Waals surface area contributed by atoms with Gasteiger partial charge in [-0.15, -0.1) is 11.3 Å². The molecular formula is C17H14N2O4S2. The second-order valence-corrected chi connectivity index (χ2v) is 7.03. The van der Waals surface area contributed by atoms with Gasteiger partial charge >= 0.3 is 0 Å². The van der Waals surface area contributed by atoms with Gasteiger partial charge in [-0.3, -0.25) is 19.3 Å². The fourth-order valence-corrected chi connectivity index (χ4v) is 3.72. The minimum absolute atomic E-state index is 0.321.